The van der Waals surface area contributed by atoms with E-state index in [0.717, 1.165) is 11.3 Å². The molecule has 4 rings (SSSR count). The molecule has 0 saturated heterocycles. The Morgan fingerprint density at radius 3 is 2.41 bits per heavy atom. The quantitative estimate of drug-likeness (QED) is 0.135. The van der Waals surface area contributed by atoms with Gasteiger partial charge in [-0.2, -0.15) is 0 Å². The largest absolute Gasteiger partial charge is 0.500 e. The Bertz CT molecular complexity index is 1270. The van der Waals surface area contributed by atoms with Crippen LogP contribution < -0.4 is 15.0 Å². The topological polar surface area (TPSA) is 112 Å². The molecule has 11 heteroatoms. The Morgan fingerprint density at radius 2 is 1.76 bits per heavy atom. The fourth-order valence-electron chi connectivity index (χ4n) is 5.83. The fourth-order valence-corrected chi connectivity index (χ4v) is 8.44. The van der Waals surface area contributed by atoms with E-state index in [1.54, 1.807) is 6.07 Å². The predicted octanol–water partition coefficient (Wildman–Crippen LogP) is 5.44. The number of non-ortho nitro benzene ring substituents is 1. The predicted molar refractivity (Wildman–Crippen MR) is 160 cm³/mol. The van der Waals surface area contributed by atoms with Gasteiger partial charge in [0.2, 0.25) is 11.6 Å². The second-order valence-corrected chi connectivity index (χ2v) is 13.3. The number of benzene rings is 2. The molecule has 0 saturated carbocycles. The minimum absolute atomic E-state index is 0.0131. The zero-order chi connectivity index (χ0) is 29.7. The molecule has 10 nitrogen and oxygen atoms in total. The maximum atomic E-state index is 13.0. The van der Waals surface area contributed by atoms with E-state index in [1.165, 1.54) is 12.1 Å². The number of nitrogens with zero attached hydrogens (tertiary/aromatic N) is 2. The first-order valence-electron chi connectivity index (χ1n) is 14.4. The van der Waals surface area contributed by atoms with Gasteiger partial charge in [-0.15, -0.1) is 0 Å². The number of nitrogens with one attached hydrogen (secondary N) is 1. The lowest BCUT2D eigenvalue weighted by Crippen LogP contribution is -2.60. The Morgan fingerprint density at radius 1 is 1.07 bits per heavy atom. The molecule has 0 bridgehead atoms. The van der Waals surface area contributed by atoms with Crippen LogP contribution in [-0.2, 0) is 23.5 Å². The Labute approximate surface area is 243 Å². The SMILES string of the molecule is CCO[Si](CCCNC(=O)CCN1c2ccccc2C(C)(C)C12C=Cc1cc([N+](=O)[O-])ccc1O2)(OCC)OCC. The molecule has 1 spiro atoms. The summed E-state index contributed by atoms with van der Waals surface area (Å²) in [6.07, 6.45) is 4.81. The number of nitro groups is 1. The van der Waals surface area contributed by atoms with Gasteiger partial charge in [0.15, 0.2) is 0 Å². The average molecular weight is 584 g/mol. The first-order valence-corrected chi connectivity index (χ1v) is 16.3. The van der Waals surface area contributed by atoms with Gasteiger partial charge in [0.1, 0.15) is 5.75 Å². The zero-order valence-corrected chi connectivity index (χ0v) is 25.6. The minimum atomic E-state index is -2.75. The second-order valence-electron chi connectivity index (χ2n) is 10.6. The van der Waals surface area contributed by atoms with Gasteiger partial charge < -0.3 is 28.2 Å². The highest BCUT2D eigenvalue weighted by Crippen LogP contribution is 2.55. The number of carbonyl (C=O) groups is 1. The third-order valence-electron chi connectivity index (χ3n) is 7.76. The number of anilines is 1. The lowest BCUT2D eigenvalue weighted by atomic mass is 9.76. The number of carbonyl (C=O) groups excluding carboxylic acids is 1. The summed E-state index contributed by atoms with van der Waals surface area (Å²) >= 11 is 0. The number of ether oxygens (including phenoxy) is 1. The second kappa shape index (κ2) is 12.7. The van der Waals surface area contributed by atoms with Crippen molar-refractivity contribution in [2.75, 3.05) is 37.8 Å². The van der Waals surface area contributed by atoms with Crippen molar-refractivity contribution in [2.45, 2.75) is 64.6 Å². The summed E-state index contributed by atoms with van der Waals surface area (Å²) in [5.74, 6) is 0.508. The summed E-state index contributed by atoms with van der Waals surface area (Å²) in [5, 5.41) is 14.3. The number of nitro benzene ring substituents is 1. The summed E-state index contributed by atoms with van der Waals surface area (Å²) < 4.78 is 24.5. The van der Waals surface area contributed by atoms with Gasteiger partial charge in [0, 0.05) is 68.8 Å². The van der Waals surface area contributed by atoms with Crippen molar-refractivity contribution in [1.82, 2.24) is 5.32 Å². The highest BCUT2D eigenvalue weighted by molar-refractivity contribution is 6.60. The van der Waals surface area contributed by atoms with Gasteiger partial charge in [0.05, 0.1) is 10.3 Å². The van der Waals surface area contributed by atoms with Crippen LogP contribution >= 0.6 is 0 Å². The highest BCUT2D eigenvalue weighted by atomic mass is 28.4. The Hall–Kier alpha value is -3.25. The number of fused-ring (bicyclic) bond motifs is 2. The molecule has 1 N–H and O–H groups in total. The molecule has 0 aliphatic carbocycles. The van der Waals surface area contributed by atoms with Crippen LogP contribution in [-0.4, -0.2) is 58.3 Å². The molecule has 2 aliphatic heterocycles. The van der Waals surface area contributed by atoms with Crippen LogP contribution in [0.2, 0.25) is 6.04 Å². The van der Waals surface area contributed by atoms with Gasteiger partial charge in [-0.25, -0.2) is 0 Å². The van der Waals surface area contributed by atoms with Crippen molar-refractivity contribution < 1.29 is 27.7 Å². The molecule has 1 atom stereocenters. The lowest BCUT2D eigenvalue weighted by Gasteiger charge is -2.47. The molecule has 2 aromatic carbocycles. The van der Waals surface area contributed by atoms with E-state index in [-0.39, 0.29) is 18.0 Å². The monoisotopic (exact) mass is 583 g/mol. The van der Waals surface area contributed by atoms with Crippen LogP contribution in [0.4, 0.5) is 11.4 Å². The van der Waals surface area contributed by atoms with Crippen LogP contribution in [0, 0.1) is 10.1 Å². The molecule has 2 aliphatic rings. The van der Waals surface area contributed by atoms with Crippen molar-refractivity contribution in [3.05, 3.63) is 69.8 Å². The smallest absolute Gasteiger partial charge is 0.463 e. The first-order chi connectivity index (χ1) is 19.6. The minimum Gasteiger partial charge on any atom is -0.463 e. The van der Waals surface area contributed by atoms with Crippen molar-refractivity contribution >= 4 is 32.2 Å². The van der Waals surface area contributed by atoms with E-state index in [1.807, 2.05) is 51.1 Å². The van der Waals surface area contributed by atoms with Crippen LogP contribution in [0.25, 0.3) is 6.08 Å². The summed E-state index contributed by atoms with van der Waals surface area (Å²) in [4.78, 5) is 26.0. The summed E-state index contributed by atoms with van der Waals surface area (Å²) in [6, 6.07) is 13.4. The molecule has 2 heterocycles. The van der Waals surface area contributed by atoms with Crippen molar-refractivity contribution in [3.63, 3.8) is 0 Å². The number of hydrogen-bond acceptors (Lipinski definition) is 8. The summed E-state index contributed by atoms with van der Waals surface area (Å²) in [6.45, 7) is 12.5. The number of para-hydroxylation sites is 1. The molecule has 2 aromatic rings. The average Bonchev–Trinajstić information content (AvgIpc) is 3.12. The van der Waals surface area contributed by atoms with Crippen molar-refractivity contribution in [1.29, 1.82) is 0 Å². The third kappa shape index (κ3) is 6.03. The molecular formula is C30H41N3O7Si. The third-order valence-corrected chi connectivity index (χ3v) is 10.9. The van der Waals surface area contributed by atoms with Crippen LogP contribution in [0.5, 0.6) is 5.75 Å². The molecule has 41 heavy (non-hydrogen) atoms. The van der Waals surface area contributed by atoms with E-state index in [0.29, 0.717) is 56.7 Å². The molecule has 0 radical (unpaired) electrons. The standard InChI is InChI=1S/C30H41N3O7Si/c1-6-37-41(38-7-2,39-8-3)21-11-19-31-28(34)17-20-32-26-13-10-9-12-25(26)29(4,5)30(32)18-16-23-22-24(33(35)36)14-15-27(23)40-30/h9-10,12-16,18,22H,6-8,11,17,19-21H2,1-5H3,(H,31,34). The molecule has 1 amide bonds. The van der Waals surface area contributed by atoms with Gasteiger partial charge in [-0.3, -0.25) is 14.9 Å². The molecule has 222 valence electrons. The fraction of sp³-hybridized carbons (Fsp3) is 0.500. The number of hydrogen-bond donors (Lipinski definition) is 1. The number of amides is 1. The Kier molecular flexibility index (Phi) is 9.53. The zero-order valence-electron chi connectivity index (χ0n) is 24.6. The lowest BCUT2D eigenvalue weighted by molar-refractivity contribution is -0.384. The van der Waals surface area contributed by atoms with Gasteiger partial charge in [-0.05, 0) is 70.9 Å². The van der Waals surface area contributed by atoms with Crippen LogP contribution in [0.15, 0.2) is 48.5 Å². The first kappa shape index (κ1) is 30.7. The van der Waals surface area contributed by atoms with Gasteiger partial charge in [-0.1, -0.05) is 18.2 Å². The van der Waals surface area contributed by atoms with E-state index in [2.05, 4.69) is 30.1 Å². The molecule has 0 fully saturated rings. The van der Waals surface area contributed by atoms with Gasteiger partial charge >= 0.3 is 8.80 Å². The van der Waals surface area contributed by atoms with Crippen molar-refractivity contribution in [2.24, 2.45) is 0 Å². The summed E-state index contributed by atoms with van der Waals surface area (Å²) in [5.41, 5.74) is 1.40. The van der Waals surface area contributed by atoms with Crippen LogP contribution in [0.1, 0.15) is 58.6 Å². The van der Waals surface area contributed by atoms with E-state index < -0.39 is 24.9 Å². The van der Waals surface area contributed by atoms with E-state index >= 15 is 0 Å². The van der Waals surface area contributed by atoms with Gasteiger partial charge in [0.25, 0.3) is 5.69 Å². The van der Waals surface area contributed by atoms with Crippen molar-refractivity contribution in [3.8, 4) is 5.75 Å². The maximum Gasteiger partial charge on any atom is 0.500 e. The maximum absolute atomic E-state index is 13.0. The highest BCUT2D eigenvalue weighted by Gasteiger charge is 2.58. The molecule has 1 unspecified atom stereocenters. The summed E-state index contributed by atoms with van der Waals surface area (Å²) in [7, 11) is -2.75. The Balaban J connectivity index is 1.46. The van der Waals surface area contributed by atoms with E-state index in [4.69, 9.17) is 18.0 Å². The van der Waals surface area contributed by atoms with Crippen LogP contribution in [0.3, 0.4) is 0 Å². The molecular weight excluding hydrogens is 542 g/mol. The molecule has 0 aromatic heterocycles. The van der Waals surface area contributed by atoms with E-state index in [9.17, 15) is 14.9 Å². The number of rotatable bonds is 14. The normalized spacial score (nSPS) is 18.6.